The van der Waals surface area contributed by atoms with Gasteiger partial charge in [0.05, 0.1) is 0 Å². The van der Waals surface area contributed by atoms with Crippen molar-refractivity contribution in [2.24, 2.45) is 0 Å². The van der Waals surface area contributed by atoms with E-state index in [1.807, 2.05) is 0 Å². The maximum Gasteiger partial charge on any atom is 0.318 e. The predicted molar refractivity (Wildman–Crippen MR) is 45.5 cm³/mol. The van der Waals surface area contributed by atoms with E-state index in [-0.39, 0.29) is 0 Å². The van der Waals surface area contributed by atoms with Crippen LogP contribution in [0.25, 0.3) is 0 Å². The van der Waals surface area contributed by atoms with Gasteiger partial charge in [0.1, 0.15) is 5.56 Å². The van der Waals surface area contributed by atoms with Gasteiger partial charge in [-0.05, 0) is 0 Å². The first-order valence-corrected chi connectivity index (χ1v) is 4.90. The molecular weight excluding hydrogens is 307 g/mol. The second kappa shape index (κ2) is 4.19. The zero-order valence-electron chi connectivity index (χ0n) is 9.09. The number of benzene rings is 1. The standard InChI is InChI=1S/C10H3F9O/c11-3-2-7(6(14)5(13)4(3)12)20-1-9(16,17)8(15)10(2,18)19/h8H,1H2. The molecule has 1 unspecified atom stereocenters. The molecule has 0 N–H and O–H groups in total. The number of hydrogen-bond donors (Lipinski definition) is 0. The second-order valence-corrected chi connectivity index (χ2v) is 4.00. The van der Waals surface area contributed by atoms with Crippen molar-refractivity contribution in [1.29, 1.82) is 0 Å². The number of alkyl halides is 5. The van der Waals surface area contributed by atoms with Gasteiger partial charge in [-0.15, -0.1) is 0 Å². The Labute approximate surface area is 104 Å². The molecule has 0 fully saturated rings. The molecule has 0 spiro atoms. The van der Waals surface area contributed by atoms with Crippen molar-refractivity contribution in [2.75, 3.05) is 6.61 Å². The molecule has 0 radical (unpaired) electrons. The predicted octanol–water partition coefficient (Wildman–Crippen LogP) is 3.70. The highest BCUT2D eigenvalue weighted by atomic mass is 19.3. The van der Waals surface area contributed by atoms with Gasteiger partial charge < -0.3 is 4.74 Å². The molecule has 0 aliphatic carbocycles. The van der Waals surface area contributed by atoms with E-state index in [4.69, 9.17) is 0 Å². The molecule has 0 saturated heterocycles. The van der Waals surface area contributed by atoms with Gasteiger partial charge in [-0.3, -0.25) is 0 Å². The summed E-state index contributed by atoms with van der Waals surface area (Å²) in [6.45, 7) is -2.09. The molecule has 1 aliphatic heterocycles. The van der Waals surface area contributed by atoms with E-state index in [0.717, 1.165) is 0 Å². The normalized spacial score (nSPS) is 23.8. The van der Waals surface area contributed by atoms with E-state index in [1.54, 1.807) is 0 Å². The Morgan fingerprint density at radius 1 is 0.850 bits per heavy atom. The molecule has 0 bridgehead atoms. The number of halogens is 9. The molecule has 20 heavy (non-hydrogen) atoms. The van der Waals surface area contributed by atoms with Crippen LogP contribution >= 0.6 is 0 Å². The third kappa shape index (κ3) is 1.80. The van der Waals surface area contributed by atoms with Crippen molar-refractivity contribution in [3.05, 3.63) is 28.8 Å². The molecular formula is C10H3F9O. The molecule has 112 valence electrons. The smallest absolute Gasteiger partial charge is 0.318 e. The molecule has 0 amide bonds. The van der Waals surface area contributed by atoms with E-state index in [9.17, 15) is 39.5 Å². The first-order valence-electron chi connectivity index (χ1n) is 4.90. The fourth-order valence-corrected chi connectivity index (χ4v) is 1.68. The maximum atomic E-state index is 13.5. The highest BCUT2D eigenvalue weighted by Gasteiger charge is 2.62. The fourth-order valence-electron chi connectivity index (χ4n) is 1.68. The third-order valence-electron chi connectivity index (χ3n) is 2.66. The lowest BCUT2D eigenvalue weighted by atomic mass is 9.99. The average Bonchev–Trinajstić information content (AvgIpc) is 2.43. The zero-order chi connectivity index (χ0) is 15.5. The van der Waals surface area contributed by atoms with Crippen LogP contribution in [0.15, 0.2) is 0 Å². The lowest BCUT2D eigenvalue weighted by molar-refractivity contribution is -0.189. The van der Waals surface area contributed by atoms with Crippen LogP contribution in [0.3, 0.4) is 0 Å². The quantitative estimate of drug-likeness (QED) is 0.403. The minimum absolute atomic E-state index is 1.98. The molecule has 1 aliphatic rings. The van der Waals surface area contributed by atoms with Crippen molar-refractivity contribution in [3.63, 3.8) is 0 Å². The van der Waals surface area contributed by atoms with Crippen molar-refractivity contribution in [2.45, 2.75) is 18.0 Å². The van der Waals surface area contributed by atoms with E-state index >= 15 is 0 Å². The molecule has 2 rings (SSSR count). The lowest BCUT2D eigenvalue weighted by Gasteiger charge is -2.23. The van der Waals surface area contributed by atoms with E-state index in [1.165, 1.54) is 0 Å². The summed E-state index contributed by atoms with van der Waals surface area (Å²) >= 11 is 0. The van der Waals surface area contributed by atoms with Crippen molar-refractivity contribution in [3.8, 4) is 5.75 Å². The molecule has 1 aromatic rings. The van der Waals surface area contributed by atoms with Crippen LogP contribution in [0.4, 0.5) is 39.5 Å². The molecule has 1 heterocycles. The van der Waals surface area contributed by atoms with Gasteiger partial charge in [0.25, 0.3) is 0 Å². The summed E-state index contributed by atoms with van der Waals surface area (Å²) in [7, 11) is 0. The van der Waals surface area contributed by atoms with Crippen LogP contribution in [0, 0.1) is 23.3 Å². The monoisotopic (exact) mass is 310 g/mol. The Balaban J connectivity index is 2.82. The Kier molecular flexibility index (Phi) is 3.10. The third-order valence-corrected chi connectivity index (χ3v) is 2.66. The molecule has 1 aromatic carbocycles. The number of hydrogen-bond acceptors (Lipinski definition) is 1. The fraction of sp³-hybridized carbons (Fsp3) is 0.400. The average molecular weight is 310 g/mol. The van der Waals surface area contributed by atoms with Crippen LogP contribution < -0.4 is 4.74 Å². The summed E-state index contributed by atoms with van der Waals surface area (Å²) in [6, 6.07) is 0. The van der Waals surface area contributed by atoms with Gasteiger partial charge in [-0.25, -0.2) is 17.6 Å². The van der Waals surface area contributed by atoms with Crippen LogP contribution in [-0.4, -0.2) is 18.7 Å². The van der Waals surface area contributed by atoms with Crippen molar-refractivity contribution in [1.82, 2.24) is 0 Å². The summed E-state index contributed by atoms with van der Waals surface area (Å²) in [6.07, 6.45) is -4.30. The van der Waals surface area contributed by atoms with E-state index in [0.29, 0.717) is 0 Å². The Hall–Kier alpha value is -1.61. The number of rotatable bonds is 0. The Morgan fingerprint density at radius 2 is 1.35 bits per heavy atom. The maximum absolute atomic E-state index is 13.5. The highest BCUT2D eigenvalue weighted by Crippen LogP contribution is 2.49. The van der Waals surface area contributed by atoms with Crippen LogP contribution in [0.2, 0.25) is 0 Å². The minimum Gasteiger partial charge on any atom is -0.483 e. The van der Waals surface area contributed by atoms with E-state index in [2.05, 4.69) is 4.74 Å². The van der Waals surface area contributed by atoms with Gasteiger partial charge in [-0.1, -0.05) is 0 Å². The van der Waals surface area contributed by atoms with Crippen LogP contribution in [0.5, 0.6) is 5.75 Å². The zero-order valence-corrected chi connectivity index (χ0v) is 9.09. The Bertz CT molecular complexity index is 569. The lowest BCUT2D eigenvalue weighted by Crippen LogP contribution is -2.44. The van der Waals surface area contributed by atoms with Gasteiger partial charge in [0.15, 0.2) is 24.0 Å². The first-order chi connectivity index (χ1) is 9.01. The summed E-state index contributed by atoms with van der Waals surface area (Å²) in [5.41, 5.74) is -2.42. The number of fused-ring (bicyclic) bond motifs is 1. The summed E-state index contributed by atoms with van der Waals surface area (Å²) in [5, 5.41) is 0. The van der Waals surface area contributed by atoms with Gasteiger partial charge in [0, 0.05) is 0 Å². The highest BCUT2D eigenvalue weighted by molar-refractivity contribution is 5.43. The SMILES string of the molecule is Fc1c(F)c(F)c2c(c1F)OCC(F)(F)C(F)C2(F)F. The summed E-state index contributed by atoms with van der Waals surface area (Å²) in [4.78, 5) is 0. The summed E-state index contributed by atoms with van der Waals surface area (Å²) < 4.78 is 122. The minimum atomic E-state index is -5.31. The Morgan fingerprint density at radius 3 is 1.90 bits per heavy atom. The molecule has 10 heteroatoms. The molecule has 0 saturated carbocycles. The van der Waals surface area contributed by atoms with Gasteiger partial charge >= 0.3 is 11.8 Å². The van der Waals surface area contributed by atoms with E-state index < -0.39 is 59.2 Å². The topological polar surface area (TPSA) is 9.23 Å². The molecule has 0 aromatic heterocycles. The van der Waals surface area contributed by atoms with Gasteiger partial charge in [0.2, 0.25) is 17.8 Å². The van der Waals surface area contributed by atoms with Crippen molar-refractivity contribution >= 4 is 0 Å². The number of ether oxygens (including phenoxy) is 1. The second-order valence-electron chi connectivity index (χ2n) is 4.00. The van der Waals surface area contributed by atoms with Crippen LogP contribution in [0.1, 0.15) is 5.56 Å². The van der Waals surface area contributed by atoms with Gasteiger partial charge in [-0.2, -0.15) is 22.0 Å². The largest absolute Gasteiger partial charge is 0.483 e. The van der Waals surface area contributed by atoms with Crippen LogP contribution in [-0.2, 0) is 5.92 Å². The molecule has 1 atom stereocenters. The first kappa shape index (κ1) is 14.8. The van der Waals surface area contributed by atoms with Crippen molar-refractivity contribution < 1.29 is 44.3 Å². The molecule has 1 nitrogen and oxygen atoms in total. The summed E-state index contributed by atoms with van der Waals surface area (Å²) in [5.74, 6) is -22.4.